The number of aliphatic hydroxyl groups excluding tert-OH is 1. The van der Waals surface area contributed by atoms with Gasteiger partial charge < -0.3 is 9.84 Å². The van der Waals surface area contributed by atoms with E-state index in [9.17, 15) is 5.11 Å². The van der Waals surface area contributed by atoms with E-state index in [0.717, 1.165) is 41.7 Å². The Kier molecular flexibility index (Phi) is 3.53. The normalized spacial score (nSPS) is 17.3. The first-order chi connectivity index (χ1) is 8.09. The van der Waals surface area contributed by atoms with Gasteiger partial charge in [0.05, 0.1) is 12.9 Å². The van der Waals surface area contributed by atoms with Crippen molar-refractivity contribution in [1.29, 1.82) is 0 Å². The summed E-state index contributed by atoms with van der Waals surface area (Å²) in [5, 5.41) is 10.4. The molecular weight excluding hydrogens is 212 g/mol. The zero-order valence-corrected chi connectivity index (χ0v) is 10.8. The predicted octanol–water partition coefficient (Wildman–Crippen LogP) is 3.34. The summed E-state index contributed by atoms with van der Waals surface area (Å²) in [7, 11) is 0. The highest BCUT2D eigenvalue weighted by Crippen LogP contribution is 2.32. The molecule has 0 amide bonds. The van der Waals surface area contributed by atoms with Crippen LogP contribution in [0.15, 0.2) is 24.0 Å². The molecule has 0 fully saturated rings. The maximum atomic E-state index is 10.4. The van der Waals surface area contributed by atoms with Gasteiger partial charge in [-0.25, -0.2) is 0 Å². The molecule has 1 aliphatic rings. The van der Waals surface area contributed by atoms with Gasteiger partial charge >= 0.3 is 0 Å². The van der Waals surface area contributed by atoms with Crippen molar-refractivity contribution >= 4 is 0 Å². The topological polar surface area (TPSA) is 29.5 Å². The van der Waals surface area contributed by atoms with Crippen LogP contribution in [0.5, 0.6) is 0 Å². The average molecular weight is 232 g/mol. The zero-order valence-electron chi connectivity index (χ0n) is 10.8. The van der Waals surface area contributed by atoms with E-state index >= 15 is 0 Å². The van der Waals surface area contributed by atoms with Crippen molar-refractivity contribution < 1.29 is 9.84 Å². The minimum atomic E-state index is -0.518. The van der Waals surface area contributed by atoms with Crippen LogP contribution in [0.1, 0.15) is 41.2 Å². The first-order valence-corrected chi connectivity index (χ1v) is 6.16. The highest BCUT2D eigenvalue weighted by Gasteiger charge is 2.19. The van der Waals surface area contributed by atoms with Crippen LogP contribution in [0.2, 0.25) is 0 Å². The molecule has 2 heteroatoms. The summed E-state index contributed by atoms with van der Waals surface area (Å²) in [6, 6.07) is 4.24. The summed E-state index contributed by atoms with van der Waals surface area (Å²) in [4.78, 5) is 0. The molecule has 1 N–H and O–H groups in total. The number of ether oxygens (including phenoxy) is 1. The van der Waals surface area contributed by atoms with Crippen molar-refractivity contribution in [3.8, 4) is 0 Å². The smallest absolute Gasteiger partial charge is 0.104 e. The predicted molar refractivity (Wildman–Crippen MR) is 68.9 cm³/mol. The molecule has 0 aliphatic carbocycles. The van der Waals surface area contributed by atoms with E-state index in [2.05, 4.69) is 32.9 Å². The van der Waals surface area contributed by atoms with Crippen molar-refractivity contribution in [3.63, 3.8) is 0 Å². The van der Waals surface area contributed by atoms with Crippen molar-refractivity contribution in [2.45, 2.75) is 39.7 Å². The molecule has 2 rings (SSSR count). The van der Waals surface area contributed by atoms with Gasteiger partial charge in [-0.2, -0.15) is 0 Å². The van der Waals surface area contributed by atoms with Crippen LogP contribution in [0, 0.1) is 20.8 Å². The Bertz CT molecular complexity index is 423. The maximum absolute atomic E-state index is 10.4. The van der Waals surface area contributed by atoms with E-state index in [-0.39, 0.29) is 0 Å². The molecule has 0 saturated carbocycles. The van der Waals surface area contributed by atoms with Gasteiger partial charge in [0.2, 0.25) is 0 Å². The average Bonchev–Trinajstić information content (AvgIpc) is 2.28. The molecular formula is C15H20O2. The molecule has 0 aromatic heterocycles. The molecule has 1 unspecified atom stereocenters. The maximum Gasteiger partial charge on any atom is 0.104 e. The highest BCUT2D eigenvalue weighted by molar-refractivity contribution is 5.42. The Labute approximate surface area is 103 Å². The monoisotopic (exact) mass is 232 g/mol. The lowest BCUT2D eigenvalue weighted by Crippen LogP contribution is -2.10. The third kappa shape index (κ3) is 2.52. The molecule has 1 atom stereocenters. The summed E-state index contributed by atoms with van der Waals surface area (Å²) in [6.45, 7) is 6.97. The number of benzene rings is 1. The lowest BCUT2D eigenvalue weighted by molar-refractivity contribution is 0.169. The van der Waals surface area contributed by atoms with E-state index in [1.54, 1.807) is 6.26 Å². The Morgan fingerprint density at radius 3 is 2.35 bits per heavy atom. The van der Waals surface area contributed by atoms with E-state index in [1.165, 1.54) is 5.56 Å². The molecule has 1 aliphatic heterocycles. The lowest BCUT2D eigenvalue weighted by Gasteiger charge is -2.22. The molecule has 92 valence electrons. The van der Waals surface area contributed by atoms with E-state index in [0.29, 0.717) is 0 Å². The molecule has 0 bridgehead atoms. The molecule has 0 spiro atoms. The van der Waals surface area contributed by atoms with Crippen LogP contribution in [0.25, 0.3) is 0 Å². The fourth-order valence-electron chi connectivity index (χ4n) is 2.59. The van der Waals surface area contributed by atoms with Gasteiger partial charge in [0.25, 0.3) is 0 Å². The second-order valence-corrected chi connectivity index (χ2v) is 4.88. The highest BCUT2D eigenvalue weighted by atomic mass is 16.5. The minimum absolute atomic E-state index is 0.518. The Hall–Kier alpha value is -1.28. The summed E-state index contributed by atoms with van der Waals surface area (Å²) >= 11 is 0. The molecule has 17 heavy (non-hydrogen) atoms. The van der Waals surface area contributed by atoms with E-state index < -0.39 is 6.10 Å². The van der Waals surface area contributed by atoms with Crippen molar-refractivity contribution in [2.24, 2.45) is 0 Å². The van der Waals surface area contributed by atoms with Crippen LogP contribution in [-0.2, 0) is 4.74 Å². The van der Waals surface area contributed by atoms with Gasteiger partial charge in [-0.15, -0.1) is 0 Å². The number of aryl methyl sites for hydroxylation is 3. The number of aliphatic hydroxyl groups is 1. The first-order valence-electron chi connectivity index (χ1n) is 6.16. The summed E-state index contributed by atoms with van der Waals surface area (Å²) in [5.74, 6) is 0. The molecule has 0 radical (unpaired) electrons. The van der Waals surface area contributed by atoms with E-state index in [1.807, 2.05) is 0 Å². The van der Waals surface area contributed by atoms with Crippen LogP contribution in [-0.4, -0.2) is 11.7 Å². The van der Waals surface area contributed by atoms with Gasteiger partial charge in [-0.1, -0.05) is 17.7 Å². The fraction of sp³-hybridized carbons (Fsp3) is 0.467. The molecule has 1 aromatic carbocycles. The second-order valence-electron chi connectivity index (χ2n) is 4.88. The third-order valence-electron chi connectivity index (χ3n) is 3.33. The summed E-state index contributed by atoms with van der Waals surface area (Å²) < 4.78 is 5.31. The summed E-state index contributed by atoms with van der Waals surface area (Å²) in [6.07, 6.45) is 3.13. The van der Waals surface area contributed by atoms with E-state index in [4.69, 9.17) is 4.74 Å². The first kappa shape index (κ1) is 12.2. The number of hydrogen-bond donors (Lipinski definition) is 1. The third-order valence-corrected chi connectivity index (χ3v) is 3.33. The standard InChI is InChI=1S/C15H20O2/c1-10-7-11(2)14(12(3)8-10)15(16)13-5-4-6-17-9-13/h7-9,15-16H,4-6H2,1-3H3. The fourth-order valence-corrected chi connectivity index (χ4v) is 2.59. The van der Waals surface area contributed by atoms with Gasteiger partial charge in [0, 0.05) is 0 Å². The molecule has 1 heterocycles. The number of hydrogen-bond acceptors (Lipinski definition) is 2. The van der Waals surface area contributed by atoms with Crippen LogP contribution >= 0.6 is 0 Å². The Morgan fingerprint density at radius 1 is 1.18 bits per heavy atom. The second kappa shape index (κ2) is 4.92. The van der Waals surface area contributed by atoms with Gasteiger partial charge in [0.1, 0.15) is 6.10 Å². The van der Waals surface area contributed by atoms with Crippen LogP contribution < -0.4 is 0 Å². The minimum Gasteiger partial charge on any atom is -0.501 e. The van der Waals surface area contributed by atoms with Gasteiger partial charge in [-0.05, 0) is 55.9 Å². The van der Waals surface area contributed by atoms with Crippen molar-refractivity contribution in [3.05, 3.63) is 46.2 Å². The van der Waals surface area contributed by atoms with Crippen molar-refractivity contribution in [1.82, 2.24) is 0 Å². The van der Waals surface area contributed by atoms with Gasteiger partial charge in [0.15, 0.2) is 0 Å². The largest absolute Gasteiger partial charge is 0.501 e. The molecule has 2 nitrogen and oxygen atoms in total. The number of rotatable bonds is 2. The Morgan fingerprint density at radius 2 is 1.82 bits per heavy atom. The molecule has 0 saturated heterocycles. The van der Waals surface area contributed by atoms with Crippen LogP contribution in [0.4, 0.5) is 0 Å². The van der Waals surface area contributed by atoms with Crippen molar-refractivity contribution in [2.75, 3.05) is 6.61 Å². The quantitative estimate of drug-likeness (QED) is 0.847. The molecule has 1 aromatic rings. The Balaban J connectivity index is 2.36. The summed E-state index contributed by atoms with van der Waals surface area (Å²) in [5.41, 5.74) is 5.58. The van der Waals surface area contributed by atoms with Gasteiger partial charge in [-0.3, -0.25) is 0 Å². The van der Waals surface area contributed by atoms with Crippen LogP contribution in [0.3, 0.4) is 0 Å². The zero-order chi connectivity index (χ0) is 12.4. The SMILES string of the molecule is Cc1cc(C)c(C(O)C2=COCCC2)c(C)c1. The lowest BCUT2D eigenvalue weighted by atomic mass is 9.90.